The van der Waals surface area contributed by atoms with Gasteiger partial charge in [-0.15, -0.1) is 0 Å². The molecule has 0 bridgehead atoms. The van der Waals surface area contributed by atoms with E-state index < -0.39 is 23.5 Å². The Morgan fingerprint density at radius 3 is 2.34 bits per heavy atom. The van der Waals surface area contributed by atoms with E-state index in [-0.39, 0.29) is 35.1 Å². The Labute approximate surface area is 190 Å². The zero-order chi connectivity index (χ0) is 23.8. The lowest BCUT2D eigenvalue weighted by Gasteiger charge is -2.39. The van der Waals surface area contributed by atoms with E-state index in [1.165, 1.54) is 0 Å². The number of piperidine rings is 1. The summed E-state index contributed by atoms with van der Waals surface area (Å²) in [6.45, 7) is 14.2. The summed E-state index contributed by atoms with van der Waals surface area (Å²) in [6.07, 6.45) is 0.501. The van der Waals surface area contributed by atoms with Gasteiger partial charge in [-0.2, -0.15) is 5.26 Å². The SMILES string of the molecule is CC[C@@H](C#N)NC(=O)[C@@H]1[C@@H]2[C@H](CN1C(=O)[C@@H](NC(=O)N1CCOCC1)C(C)(C)C)C2(C)C. The van der Waals surface area contributed by atoms with Gasteiger partial charge >= 0.3 is 6.03 Å². The molecule has 9 nitrogen and oxygen atoms in total. The molecule has 0 radical (unpaired) electrons. The molecule has 9 heteroatoms. The van der Waals surface area contributed by atoms with Gasteiger partial charge in [-0.25, -0.2) is 4.79 Å². The Balaban J connectivity index is 1.80. The molecule has 2 N–H and O–H groups in total. The standard InChI is InChI=1S/C23H37N5O4/c1-7-14(12-24)25-19(29)17-16-15(23(16,5)6)13-28(17)20(30)18(22(2,3)4)26-21(31)27-8-10-32-11-9-27/h14-18H,7-11,13H2,1-6H3,(H,25,29)(H,26,31)/t14-,15-,16-,17-,18+/m0/s1. The maximum Gasteiger partial charge on any atom is 0.318 e. The van der Waals surface area contributed by atoms with Crippen LogP contribution in [0.1, 0.15) is 48.0 Å². The van der Waals surface area contributed by atoms with E-state index in [4.69, 9.17) is 4.74 Å². The Hall–Kier alpha value is -2.34. The Morgan fingerprint density at radius 1 is 1.19 bits per heavy atom. The molecule has 4 amide bonds. The van der Waals surface area contributed by atoms with E-state index in [0.717, 1.165) is 0 Å². The summed E-state index contributed by atoms with van der Waals surface area (Å²) in [5.74, 6) is -0.234. The summed E-state index contributed by atoms with van der Waals surface area (Å²) in [7, 11) is 0. The van der Waals surface area contributed by atoms with Crippen molar-refractivity contribution in [2.75, 3.05) is 32.8 Å². The summed E-state index contributed by atoms with van der Waals surface area (Å²) in [5.41, 5.74) is -0.567. The minimum atomic E-state index is -0.772. The average Bonchev–Trinajstić information content (AvgIpc) is 3.09. The number of carbonyl (C=O) groups excluding carboxylic acids is 3. The maximum atomic E-state index is 13.8. The van der Waals surface area contributed by atoms with E-state index in [1.807, 2.05) is 27.7 Å². The summed E-state index contributed by atoms with van der Waals surface area (Å²) >= 11 is 0. The number of fused-ring (bicyclic) bond motifs is 1. The molecule has 2 aliphatic heterocycles. The van der Waals surface area contributed by atoms with Gasteiger partial charge in [0.1, 0.15) is 18.1 Å². The number of nitrogens with one attached hydrogen (secondary N) is 2. The number of nitrogens with zero attached hydrogens (tertiary/aromatic N) is 3. The van der Waals surface area contributed by atoms with Crippen molar-refractivity contribution in [1.82, 2.24) is 20.4 Å². The maximum absolute atomic E-state index is 13.8. The normalized spacial score (nSPS) is 28.2. The third-order valence-electron chi connectivity index (χ3n) is 7.32. The molecule has 2 heterocycles. The first-order valence-electron chi connectivity index (χ1n) is 11.6. The highest BCUT2D eigenvalue weighted by Crippen LogP contribution is 2.65. The van der Waals surface area contributed by atoms with Crippen LogP contribution in [-0.4, -0.2) is 78.6 Å². The van der Waals surface area contributed by atoms with Crippen LogP contribution in [-0.2, 0) is 14.3 Å². The minimum absolute atomic E-state index is 0.0264. The van der Waals surface area contributed by atoms with E-state index in [9.17, 15) is 19.6 Å². The molecule has 32 heavy (non-hydrogen) atoms. The number of nitriles is 1. The fourth-order valence-electron chi connectivity index (χ4n) is 5.09. The zero-order valence-electron chi connectivity index (χ0n) is 20.1. The highest BCUT2D eigenvalue weighted by atomic mass is 16.5. The zero-order valence-corrected chi connectivity index (χ0v) is 20.1. The number of urea groups is 1. The third-order valence-corrected chi connectivity index (χ3v) is 7.32. The van der Waals surface area contributed by atoms with Crippen molar-refractivity contribution in [2.24, 2.45) is 22.7 Å². The van der Waals surface area contributed by atoms with Gasteiger partial charge < -0.3 is 25.2 Å². The van der Waals surface area contributed by atoms with E-state index in [0.29, 0.717) is 39.3 Å². The topological polar surface area (TPSA) is 115 Å². The molecule has 0 aromatic rings. The molecule has 0 unspecified atom stereocenters. The molecule has 178 valence electrons. The first kappa shape index (κ1) is 24.3. The van der Waals surface area contributed by atoms with Crippen molar-refractivity contribution >= 4 is 17.8 Å². The Kier molecular flexibility index (Phi) is 6.75. The third kappa shape index (κ3) is 4.56. The van der Waals surface area contributed by atoms with Crippen LogP contribution < -0.4 is 10.6 Å². The van der Waals surface area contributed by atoms with Crippen LogP contribution in [0.5, 0.6) is 0 Å². The lowest BCUT2D eigenvalue weighted by Crippen LogP contribution is -2.61. The number of likely N-dealkylation sites (tertiary alicyclic amines) is 1. The molecule has 0 spiro atoms. The predicted octanol–water partition coefficient (Wildman–Crippen LogP) is 1.34. The molecule has 1 saturated carbocycles. The molecule has 3 fully saturated rings. The van der Waals surface area contributed by atoms with Crippen molar-refractivity contribution in [2.45, 2.75) is 66.1 Å². The van der Waals surface area contributed by atoms with Gasteiger partial charge in [-0.3, -0.25) is 9.59 Å². The Bertz CT molecular complexity index is 793. The molecular formula is C23H37N5O4. The van der Waals surface area contributed by atoms with Gasteiger partial charge in [-0.05, 0) is 29.1 Å². The molecule has 1 aliphatic carbocycles. The number of carbonyl (C=O) groups is 3. The van der Waals surface area contributed by atoms with Gasteiger partial charge in [0.25, 0.3) is 0 Å². The van der Waals surface area contributed by atoms with E-state index in [1.54, 1.807) is 9.80 Å². The largest absolute Gasteiger partial charge is 0.378 e. The van der Waals surface area contributed by atoms with Crippen LogP contribution in [0.2, 0.25) is 0 Å². The van der Waals surface area contributed by atoms with Crippen molar-refractivity contribution in [1.29, 1.82) is 5.26 Å². The van der Waals surface area contributed by atoms with Gasteiger partial charge in [0.05, 0.1) is 19.3 Å². The first-order valence-corrected chi connectivity index (χ1v) is 11.6. The van der Waals surface area contributed by atoms with Gasteiger partial charge in [-0.1, -0.05) is 41.5 Å². The number of ether oxygens (including phenoxy) is 1. The van der Waals surface area contributed by atoms with E-state index >= 15 is 0 Å². The second kappa shape index (κ2) is 8.89. The average molecular weight is 448 g/mol. The van der Waals surface area contributed by atoms with Crippen molar-refractivity contribution in [3.05, 3.63) is 0 Å². The van der Waals surface area contributed by atoms with Crippen molar-refractivity contribution in [3.63, 3.8) is 0 Å². The summed E-state index contributed by atoms with van der Waals surface area (Å²) in [5, 5.41) is 15.0. The molecule has 0 aromatic heterocycles. The molecule has 3 aliphatic rings. The minimum Gasteiger partial charge on any atom is -0.378 e. The van der Waals surface area contributed by atoms with Gasteiger partial charge in [0.2, 0.25) is 11.8 Å². The second-order valence-electron chi connectivity index (χ2n) is 10.8. The lowest BCUT2D eigenvalue weighted by molar-refractivity contribution is -0.143. The Morgan fingerprint density at radius 2 is 1.81 bits per heavy atom. The highest BCUT2D eigenvalue weighted by molar-refractivity contribution is 5.94. The van der Waals surface area contributed by atoms with Crippen LogP contribution in [0, 0.1) is 34.0 Å². The van der Waals surface area contributed by atoms with Gasteiger partial charge in [0.15, 0.2) is 0 Å². The summed E-state index contributed by atoms with van der Waals surface area (Å²) < 4.78 is 5.31. The smallest absolute Gasteiger partial charge is 0.318 e. The summed E-state index contributed by atoms with van der Waals surface area (Å²) in [4.78, 5) is 43.1. The van der Waals surface area contributed by atoms with Crippen LogP contribution in [0.15, 0.2) is 0 Å². The second-order valence-corrected chi connectivity index (χ2v) is 10.8. The van der Waals surface area contributed by atoms with Crippen LogP contribution >= 0.6 is 0 Å². The van der Waals surface area contributed by atoms with Crippen LogP contribution in [0.4, 0.5) is 4.79 Å². The fourth-order valence-corrected chi connectivity index (χ4v) is 5.09. The van der Waals surface area contributed by atoms with Gasteiger partial charge in [0, 0.05) is 19.6 Å². The highest BCUT2D eigenvalue weighted by Gasteiger charge is 2.69. The quantitative estimate of drug-likeness (QED) is 0.660. The number of hydrogen-bond acceptors (Lipinski definition) is 5. The van der Waals surface area contributed by atoms with Crippen molar-refractivity contribution in [3.8, 4) is 6.07 Å². The number of amides is 4. The molecule has 0 aromatic carbocycles. The fraction of sp³-hybridized carbons (Fsp3) is 0.826. The predicted molar refractivity (Wildman–Crippen MR) is 118 cm³/mol. The molecule has 2 saturated heterocycles. The monoisotopic (exact) mass is 447 g/mol. The molecule has 5 atom stereocenters. The molecule has 3 rings (SSSR count). The van der Waals surface area contributed by atoms with Crippen LogP contribution in [0.3, 0.4) is 0 Å². The summed E-state index contributed by atoms with van der Waals surface area (Å²) in [6, 6.07) is -0.173. The number of rotatable bonds is 5. The number of morpholine rings is 1. The van der Waals surface area contributed by atoms with Crippen LogP contribution in [0.25, 0.3) is 0 Å². The van der Waals surface area contributed by atoms with Crippen molar-refractivity contribution < 1.29 is 19.1 Å². The lowest BCUT2D eigenvalue weighted by atomic mass is 9.85. The molecular weight excluding hydrogens is 410 g/mol. The first-order chi connectivity index (χ1) is 14.9. The van der Waals surface area contributed by atoms with E-state index in [2.05, 4.69) is 30.6 Å². The number of hydrogen-bond donors (Lipinski definition) is 2.